The van der Waals surface area contributed by atoms with E-state index in [2.05, 4.69) is 54.6 Å². The fourth-order valence-electron chi connectivity index (χ4n) is 3.15. The molecule has 3 aromatic rings. The summed E-state index contributed by atoms with van der Waals surface area (Å²) < 4.78 is 5.28. The van der Waals surface area contributed by atoms with E-state index in [-0.39, 0.29) is 6.04 Å². The Bertz CT molecular complexity index is 873. The minimum absolute atomic E-state index is 0.0521. The van der Waals surface area contributed by atoms with Crippen LogP contribution in [0.4, 0.5) is 0 Å². The molecule has 0 N–H and O–H groups in total. The van der Waals surface area contributed by atoms with Gasteiger partial charge in [-0.05, 0) is 29.3 Å². The lowest BCUT2D eigenvalue weighted by Gasteiger charge is -2.23. The number of hydroxylamine groups is 2. The molecule has 1 aliphatic rings. The van der Waals surface area contributed by atoms with Crippen molar-refractivity contribution in [2.45, 2.75) is 12.6 Å². The fraction of sp³-hybridized carbons (Fsp3) is 0.130. The maximum atomic E-state index is 6.24. The maximum Gasteiger partial charge on any atom is 0.152 e. The van der Waals surface area contributed by atoms with E-state index in [0.29, 0.717) is 6.54 Å². The number of hydrogen-bond donors (Lipinski definition) is 0. The lowest BCUT2D eigenvalue weighted by Crippen LogP contribution is -2.22. The van der Waals surface area contributed by atoms with Gasteiger partial charge in [-0.3, -0.25) is 0 Å². The Balaban J connectivity index is 1.65. The lowest BCUT2D eigenvalue weighted by molar-refractivity contribution is -0.101. The Kier molecular flexibility index (Phi) is 4.71. The van der Waals surface area contributed by atoms with Crippen LogP contribution in [0.2, 0.25) is 0 Å². The van der Waals surface area contributed by atoms with Gasteiger partial charge in [0.2, 0.25) is 0 Å². The number of ether oxygens (including phenoxy) is 1. The van der Waals surface area contributed by atoms with E-state index in [1.807, 2.05) is 41.5 Å². The normalized spacial score (nSPS) is 16.8. The van der Waals surface area contributed by atoms with Gasteiger partial charge in [-0.15, -0.1) is 5.06 Å². The van der Waals surface area contributed by atoms with Crippen LogP contribution in [-0.2, 0) is 11.4 Å². The highest BCUT2D eigenvalue weighted by Crippen LogP contribution is 2.37. The average molecular weight is 343 g/mol. The Morgan fingerprint density at radius 3 is 2.15 bits per heavy atom. The smallest absolute Gasteiger partial charge is 0.152 e. The summed E-state index contributed by atoms with van der Waals surface area (Å²) in [6.45, 7) is 0.713. The molecule has 0 saturated heterocycles. The van der Waals surface area contributed by atoms with Crippen molar-refractivity contribution in [1.29, 1.82) is 0 Å². The first-order chi connectivity index (χ1) is 12.8. The summed E-state index contributed by atoms with van der Waals surface area (Å²) >= 11 is 0. The SMILES string of the molecule is COc1ccc(C2C=C(c3ccccc3)ON2Cc2ccccc2)cc1. The van der Waals surface area contributed by atoms with E-state index in [1.165, 1.54) is 11.1 Å². The third-order valence-corrected chi connectivity index (χ3v) is 4.53. The van der Waals surface area contributed by atoms with Crippen molar-refractivity contribution in [2.24, 2.45) is 0 Å². The van der Waals surface area contributed by atoms with Crippen molar-refractivity contribution >= 4 is 5.76 Å². The van der Waals surface area contributed by atoms with Crippen LogP contribution in [0, 0.1) is 0 Å². The van der Waals surface area contributed by atoms with Gasteiger partial charge >= 0.3 is 0 Å². The van der Waals surface area contributed by atoms with Crippen LogP contribution >= 0.6 is 0 Å². The summed E-state index contributed by atoms with van der Waals surface area (Å²) in [5.74, 6) is 1.75. The topological polar surface area (TPSA) is 21.7 Å². The van der Waals surface area contributed by atoms with Gasteiger partial charge in [-0.25, -0.2) is 0 Å². The molecule has 0 radical (unpaired) electrons. The van der Waals surface area contributed by atoms with Crippen molar-refractivity contribution in [2.75, 3.05) is 7.11 Å². The minimum Gasteiger partial charge on any atom is -0.497 e. The van der Waals surface area contributed by atoms with Gasteiger partial charge in [0.25, 0.3) is 0 Å². The van der Waals surface area contributed by atoms with Crippen molar-refractivity contribution in [3.63, 3.8) is 0 Å². The third-order valence-electron chi connectivity index (χ3n) is 4.53. The monoisotopic (exact) mass is 343 g/mol. The molecule has 0 fully saturated rings. The summed E-state index contributed by atoms with van der Waals surface area (Å²) in [6.07, 6.45) is 2.18. The highest BCUT2D eigenvalue weighted by Gasteiger charge is 2.29. The van der Waals surface area contributed by atoms with E-state index in [0.717, 1.165) is 17.1 Å². The second kappa shape index (κ2) is 7.46. The van der Waals surface area contributed by atoms with Crippen LogP contribution in [0.5, 0.6) is 5.75 Å². The fourth-order valence-corrected chi connectivity index (χ4v) is 3.15. The Morgan fingerprint density at radius 2 is 1.50 bits per heavy atom. The molecule has 3 aromatic carbocycles. The van der Waals surface area contributed by atoms with Crippen LogP contribution in [0.3, 0.4) is 0 Å². The standard InChI is InChI=1S/C23H21NO2/c1-25-21-14-12-19(13-15-21)22-16-23(20-10-6-3-7-11-20)26-24(22)17-18-8-4-2-5-9-18/h2-16,22H,17H2,1H3. The van der Waals surface area contributed by atoms with Crippen LogP contribution in [-0.4, -0.2) is 12.2 Å². The Labute approximate surface area is 154 Å². The minimum atomic E-state index is 0.0521. The van der Waals surface area contributed by atoms with Crippen LogP contribution in [0.15, 0.2) is 91.0 Å². The predicted molar refractivity (Wildman–Crippen MR) is 103 cm³/mol. The molecule has 3 nitrogen and oxygen atoms in total. The second-order valence-electron chi connectivity index (χ2n) is 6.27. The van der Waals surface area contributed by atoms with Crippen LogP contribution in [0.25, 0.3) is 5.76 Å². The van der Waals surface area contributed by atoms with Gasteiger partial charge in [0.1, 0.15) is 5.75 Å². The van der Waals surface area contributed by atoms with Gasteiger partial charge in [0.15, 0.2) is 5.76 Å². The van der Waals surface area contributed by atoms with Gasteiger partial charge in [-0.1, -0.05) is 72.8 Å². The van der Waals surface area contributed by atoms with Gasteiger partial charge < -0.3 is 9.57 Å². The first-order valence-electron chi connectivity index (χ1n) is 8.73. The molecule has 0 saturated carbocycles. The zero-order valence-corrected chi connectivity index (χ0v) is 14.7. The molecule has 3 heteroatoms. The lowest BCUT2D eigenvalue weighted by atomic mass is 10.0. The number of methoxy groups -OCH3 is 1. The molecule has 1 unspecified atom stereocenters. The van der Waals surface area contributed by atoms with E-state index in [4.69, 9.17) is 9.57 Å². The highest BCUT2D eigenvalue weighted by atomic mass is 16.7. The van der Waals surface area contributed by atoms with Gasteiger partial charge in [-0.2, -0.15) is 0 Å². The number of hydrogen-bond acceptors (Lipinski definition) is 3. The largest absolute Gasteiger partial charge is 0.497 e. The van der Waals surface area contributed by atoms with Crippen LogP contribution in [0.1, 0.15) is 22.7 Å². The Morgan fingerprint density at radius 1 is 0.846 bits per heavy atom. The summed E-state index contributed by atoms with van der Waals surface area (Å²) in [5, 5.41) is 2.03. The number of benzene rings is 3. The Hall–Kier alpha value is -3.04. The molecule has 1 heterocycles. The molecule has 0 amide bonds. The molecule has 0 bridgehead atoms. The molecule has 0 aromatic heterocycles. The molecule has 1 aliphatic heterocycles. The molecular formula is C23H21NO2. The summed E-state index contributed by atoms with van der Waals surface area (Å²) in [6, 6.07) is 28.8. The average Bonchev–Trinajstić information content (AvgIpc) is 3.13. The first-order valence-corrected chi connectivity index (χ1v) is 8.73. The zero-order valence-electron chi connectivity index (χ0n) is 14.7. The molecular weight excluding hydrogens is 322 g/mol. The van der Waals surface area contributed by atoms with E-state index in [1.54, 1.807) is 7.11 Å². The van der Waals surface area contributed by atoms with Crippen LogP contribution < -0.4 is 4.74 Å². The summed E-state index contributed by atoms with van der Waals surface area (Å²) in [7, 11) is 1.68. The number of rotatable bonds is 5. The molecule has 0 aliphatic carbocycles. The first kappa shape index (κ1) is 16.4. The van der Waals surface area contributed by atoms with E-state index >= 15 is 0 Å². The van der Waals surface area contributed by atoms with Crippen molar-refractivity contribution < 1.29 is 9.57 Å². The summed E-state index contributed by atoms with van der Waals surface area (Å²) in [4.78, 5) is 6.24. The predicted octanol–water partition coefficient (Wildman–Crippen LogP) is 5.22. The third kappa shape index (κ3) is 3.48. The quantitative estimate of drug-likeness (QED) is 0.633. The second-order valence-corrected chi connectivity index (χ2v) is 6.27. The van der Waals surface area contributed by atoms with Gasteiger partial charge in [0, 0.05) is 5.56 Å². The molecule has 26 heavy (non-hydrogen) atoms. The molecule has 4 rings (SSSR count). The van der Waals surface area contributed by atoms with Crippen molar-refractivity contribution in [1.82, 2.24) is 5.06 Å². The molecule has 130 valence electrons. The highest BCUT2D eigenvalue weighted by molar-refractivity contribution is 5.62. The van der Waals surface area contributed by atoms with Gasteiger partial charge in [0.05, 0.1) is 19.7 Å². The van der Waals surface area contributed by atoms with Crippen molar-refractivity contribution in [3.8, 4) is 5.75 Å². The summed E-state index contributed by atoms with van der Waals surface area (Å²) in [5.41, 5.74) is 3.47. The number of nitrogens with zero attached hydrogens (tertiary/aromatic N) is 1. The van der Waals surface area contributed by atoms with Crippen molar-refractivity contribution in [3.05, 3.63) is 108 Å². The van der Waals surface area contributed by atoms with E-state index in [9.17, 15) is 0 Å². The maximum absolute atomic E-state index is 6.24. The zero-order chi connectivity index (χ0) is 17.8. The van der Waals surface area contributed by atoms with E-state index < -0.39 is 0 Å². The molecule has 0 spiro atoms. The molecule has 1 atom stereocenters.